The third kappa shape index (κ3) is 11.4. The van der Waals surface area contributed by atoms with Crippen molar-refractivity contribution in [1.82, 2.24) is 5.32 Å². The van der Waals surface area contributed by atoms with E-state index in [0.29, 0.717) is 0 Å². The fourth-order valence-corrected chi connectivity index (χ4v) is 1.19. The van der Waals surface area contributed by atoms with Gasteiger partial charge in [-0.3, -0.25) is 4.79 Å². The number of unbranched alkanes of at least 4 members (excludes halogenated alkanes) is 1. The van der Waals surface area contributed by atoms with Crippen molar-refractivity contribution in [2.75, 3.05) is 13.2 Å². The van der Waals surface area contributed by atoms with E-state index >= 15 is 0 Å². The Hall–Kier alpha value is -1.65. The lowest BCUT2D eigenvalue weighted by atomic mass is 10.1. The molecule has 0 radical (unpaired) electrons. The lowest BCUT2D eigenvalue weighted by molar-refractivity contribution is -0.118. The molecule has 0 bridgehead atoms. The summed E-state index contributed by atoms with van der Waals surface area (Å²) in [4.78, 5) is 11.4. The highest BCUT2D eigenvalue weighted by Gasteiger charge is 2.18. The monoisotopic (exact) mass is 279 g/mol. The van der Waals surface area contributed by atoms with Gasteiger partial charge >= 0.3 is 0 Å². The van der Waals surface area contributed by atoms with Gasteiger partial charge in [0, 0.05) is 6.54 Å². The molecule has 0 aromatic carbocycles. The molecule has 1 amide bonds. The second kappa shape index (κ2) is 11.2. The van der Waals surface area contributed by atoms with Crippen molar-refractivity contribution in [1.29, 1.82) is 0 Å². The Morgan fingerprint density at radius 2 is 1.80 bits per heavy atom. The van der Waals surface area contributed by atoms with Gasteiger partial charge in [-0.05, 0) is 32.8 Å². The smallest absolute Gasteiger partial charge is 0.243 e. The van der Waals surface area contributed by atoms with E-state index in [9.17, 15) is 9.90 Å². The summed E-state index contributed by atoms with van der Waals surface area (Å²) in [6.45, 7) is 3.07. The molecule has 0 spiro atoms. The van der Waals surface area contributed by atoms with E-state index in [1.54, 1.807) is 6.08 Å². The van der Waals surface area contributed by atoms with Crippen LogP contribution >= 0.6 is 0 Å². The molecule has 1 unspecified atom stereocenters. The Balaban J connectivity index is 3.77. The molecule has 0 rings (SSSR count). The highest BCUT2D eigenvalue weighted by Crippen LogP contribution is 1.98. The maximum absolute atomic E-state index is 11.4. The molecule has 4 nitrogen and oxygen atoms in total. The molecule has 0 aromatic heterocycles. The first-order valence-electron chi connectivity index (χ1n) is 6.74. The Morgan fingerprint density at radius 3 is 2.45 bits per heavy atom. The SMILES string of the molecule is C/C=C/C=C/C=C/CC/C=C/C(=O)NCC(C)(O)CO. The molecule has 0 fully saturated rings. The zero-order valence-corrected chi connectivity index (χ0v) is 12.2. The van der Waals surface area contributed by atoms with Crippen LogP contribution in [0, 0.1) is 0 Å². The molecular formula is C16H25NO3. The first-order chi connectivity index (χ1) is 9.52. The van der Waals surface area contributed by atoms with E-state index in [-0.39, 0.29) is 19.1 Å². The Kier molecular flexibility index (Phi) is 10.3. The van der Waals surface area contributed by atoms with Crippen LogP contribution in [-0.4, -0.2) is 34.9 Å². The number of hydrogen-bond donors (Lipinski definition) is 3. The van der Waals surface area contributed by atoms with Crippen molar-refractivity contribution < 1.29 is 15.0 Å². The molecule has 0 aromatic rings. The van der Waals surface area contributed by atoms with Gasteiger partial charge in [-0.15, -0.1) is 0 Å². The second-order valence-corrected chi connectivity index (χ2v) is 4.69. The summed E-state index contributed by atoms with van der Waals surface area (Å²) in [7, 11) is 0. The van der Waals surface area contributed by atoms with Gasteiger partial charge in [0.05, 0.1) is 6.61 Å². The number of allylic oxidation sites excluding steroid dienone is 7. The molecule has 0 heterocycles. The second-order valence-electron chi connectivity index (χ2n) is 4.69. The highest BCUT2D eigenvalue weighted by molar-refractivity contribution is 5.87. The first kappa shape index (κ1) is 18.4. The van der Waals surface area contributed by atoms with Crippen LogP contribution in [0.4, 0.5) is 0 Å². The van der Waals surface area contributed by atoms with Crippen molar-refractivity contribution >= 4 is 5.91 Å². The molecule has 0 aliphatic heterocycles. The number of rotatable bonds is 9. The third-order valence-electron chi connectivity index (χ3n) is 2.42. The minimum Gasteiger partial charge on any atom is -0.393 e. The lowest BCUT2D eigenvalue weighted by Crippen LogP contribution is -2.42. The summed E-state index contributed by atoms with van der Waals surface area (Å²) < 4.78 is 0. The molecule has 0 aliphatic carbocycles. The minimum atomic E-state index is -1.27. The molecule has 112 valence electrons. The maximum atomic E-state index is 11.4. The molecule has 0 saturated carbocycles. The van der Waals surface area contributed by atoms with E-state index in [4.69, 9.17) is 5.11 Å². The normalized spacial score (nSPS) is 15.6. The number of carbonyl (C=O) groups excluding carboxylic acids is 1. The topological polar surface area (TPSA) is 69.6 Å². The van der Waals surface area contributed by atoms with Gasteiger partial charge < -0.3 is 15.5 Å². The number of hydrogen-bond acceptors (Lipinski definition) is 3. The number of carbonyl (C=O) groups is 1. The van der Waals surface area contributed by atoms with Crippen molar-refractivity contribution in [2.45, 2.75) is 32.3 Å². The predicted molar refractivity (Wildman–Crippen MR) is 82.2 cm³/mol. The van der Waals surface area contributed by atoms with Crippen molar-refractivity contribution in [3.63, 3.8) is 0 Å². The van der Waals surface area contributed by atoms with E-state index < -0.39 is 5.60 Å². The van der Waals surface area contributed by atoms with Crippen LogP contribution in [0.5, 0.6) is 0 Å². The van der Waals surface area contributed by atoms with Crippen LogP contribution in [0.15, 0.2) is 48.6 Å². The van der Waals surface area contributed by atoms with Gasteiger partial charge in [-0.1, -0.05) is 42.5 Å². The van der Waals surface area contributed by atoms with Crippen molar-refractivity contribution in [3.8, 4) is 0 Å². The van der Waals surface area contributed by atoms with Crippen LogP contribution in [0.25, 0.3) is 0 Å². The average Bonchev–Trinajstić information content (AvgIpc) is 2.43. The molecule has 3 N–H and O–H groups in total. The third-order valence-corrected chi connectivity index (χ3v) is 2.42. The first-order valence-corrected chi connectivity index (χ1v) is 6.74. The molecule has 1 atom stereocenters. The molecule has 0 aliphatic rings. The quantitative estimate of drug-likeness (QED) is 0.343. The van der Waals surface area contributed by atoms with Crippen LogP contribution in [0.2, 0.25) is 0 Å². The summed E-state index contributed by atoms with van der Waals surface area (Å²) in [5.74, 6) is -0.268. The van der Waals surface area contributed by atoms with Gasteiger partial charge in [0.1, 0.15) is 5.60 Å². The summed E-state index contributed by atoms with van der Waals surface area (Å²) in [6, 6.07) is 0. The van der Waals surface area contributed by atoms with Gasteiger partial charge in [-0.2, -0.15) is 0 Å². The van der Waals surface area contributed by atoms with Gasteiger partial charge in [0.2, 0.25) is 5.91 Å². The van der Waals surface area contributed by atoms with Gasteiger partial charge in [-0.25, -0.2) is 0 Å². The van der Waals surface area contributed by atoms with Crippen molar-refractivity contribution in [2.24, 2.45) is 0 Å². The Labute approximate surface area is 121 Å². The molecule has 0 saturated heterocycles. The summed E-state index contributed by atoms with van der Waals surface area (Å²) in [6.07, 6.45) is 16.7. The summed E-state index contributed by atoms with van der Waals surface area (Å²) in [5, 5.41) is 20.8. The average molecular weight is 279 g/mol. The van der Waals surface area contributed by atoms with E-state index in [1.165, 1.54) is 13.0 Å². The number of nitrogens with one attached hydrogen (secondary N) is 1. The van der Waals surface area contributed by atoms with Crippen LogP contribution in [0.3, 0.4) is 0 Å². The molecular weight excluding hydrogens is 254 g/mol. The Morgan fingerprint density at radius 1 is 1.15 bits per heavy atom. The zero-order chi connectivity index (χ0) is 15.3. The highest BCUT2D eigenvalue weighted by atomic mass is 16.3. The summed E-state index contributed by atoms with van der Waals surface area (Å²) in [5.41, 5.74) is -1.27. The minimum absolute atomic E-state index is 0.0301. The maximum Gasteiger partial charge on any atom is 0.243 e. The van der Waals surface area contributed by atoms with Crippen molar-refractivity contribution in [3.05, 3.63) is 48.6 Å². The molecule has 20 heavy (non-hydrogen) atoms. The predicted octanol–water partition coefficient (Wildman–Crippen LogP) is 1.87. The fourth-order valence-electron chi connectivity index (χ4n) is 1.19. The van der Waals surface area contributed by atoms with Crippen LogP contribution < -0.4 is 5.32 Å². The van der Waals surface area contributed by atoms with Gasteiger partial charge in [0.25, 0.3) is 0 Å². The number of aliphatic hydroxyl groups excluding tert-OH is 1. The number of amides is 1. The van der Waals surface area contributed by atoms with Crippen LogP contribution in [-0.2, 0) is 4.79 Å². The lowest BCUT2D eigenvalue weighted by Gasteiger charge is -2.19. The van der Waals surface area contributed by atoms with Gasteiger partial charge in [0.15, 0.2) is 0 Å². The summed E-state index contributed by atoms with van der Waals surface area (Å²) >= 11 is 0. The fraction of sp³-hybridized carbons (Fsp3) is 0.438. The van der Waals surface area contributed by atoms with E-state index in [0.717, 1.165) is 12.8 Å². The van der Waals surface area contributed by atoms with Crippen LogP contribution in [0.1, 0.15) is 26.7 Å². The standard InChI is InChI=1S/C16H25NO3/c1-3-4-5-6-7-8-9-10-11-12-15(19)17-13-16(2,20)14-18/h3-8,11-12,18,20H,9-10,13-14H2,1-2H3,(H,17,19)/b4-3+,6-5+,8-7+,12-11+. The molecule has 4 heteroatoms. The Bertz CT molecular complexity index is 379. The zero-order valence-electron chi connectivity index (χ0n) is 12.2. The van der Waals surface area contributed by atoms with E-state index in [1.807, 2.05) is 43.4 Å². The number of aliphatic hydroxyl groups is 2. The van der Waals surface area contributed by atoms with E-state index in [2.05, 4.69) is 5.32 Å². The largest absolute Gasteiger partial charge is 0.393 e.